The highest BCUT2D eigenvalue weighted by Crippen LogP contribution is 2.43. The van der Waals surface area contributed by atoms with Crippen molar-refractivity contribution in [3.8, 4) is 0 Å². The maximum atomic E-state index is 13.0. The van der Waals surface area contributed by atoms with E-state index >= 15 is 0 Å². The van der Waals surface area contributed by atoms with Crippen molar-refractivity contribution in [2.24, 2.45) is 5.92 Å². The van der Waals surface area contributed by atoms with E-state index in [9.17, 15) is 14.6 Å². The number of hydrogen-bond acceptors (Lipinski definition) is 5. The van der Waals surface area contributed by atoms with Gasteiger partial charge in [-0.3, -0.25) is 0 Å². The van der Waals surface area contributed by atoms with Crippen LogP contribution in [0.2, 0.25) is 0 Å². The van der Waals surface area contributed by atoms with Gasteiger partial charge >= 0.3 is 0 Å². The highest BCUT2D eigenvalue weighted by molar-refractivity contribution is 5.45. The molecule has 23 heavy (non-hydrogen) atoms. The zero-order valence-corrected chi connectivity index (χ0v) is 13.2. The smallest absolute Gasteiger partial charge is 0.159 e. The van der Waals surface area contributed by atoms with Gasteiger partial charge in [-0.25, -0.2) is 4.39 Å². The summed E-state index contributed by atoms with van der Waals surface area (Å²) in [6.07, 6.45) is 1.31. The number of benzene rings is 1. The molecule has 1 aromatic rings. The molecule has 0 amide bonds. The predicted molar refractivity (Wildman–Crippen MR) is 83.5 cm³/mol. The second-order valence-electron chi connectivity index (χ2n) is 6.46. The van der Waals surface area contributed by atoms with Gasteiger partial charge in [-0.15, -0.1) is 0 Å². The maximum Gasteiger partial charge on any atom is 0.159 e. The highest BCUT2D eigenvalue weighted by atomic mass is 19.1. The molecule has 0 aromatic heterocycles. The third-order valence-electron chi connectivity index (χ3n) is 5.09. The number of aliphatic hydroxyl groups excluding tert-OH is 1. The lowest BCUT2D eigenvalue weighted by Crippen LogP contribution is -2.65. The minimum atomic E-state index is -1.07. The SMILES string of the molecule is COC(O)C1CC[C@@H](Nc2ccc(F)cc2)[C@]2(O)CCCO[C@H]12. The fourth-order valence-electron chi connectivity index (χ4n) is 3.89. The van der Waals surface area contributed by atoms with E-state index in [0.29, 0.717) is 25.9 Å². The van der Waals surface area contributed by atoms with Crippen molar-refractivity contribution in [3.05, 3.63) is 30.1 Å². The van der Waals surface area contributed by atoms with Crippen LogP contribution in [0.1, 0.15) is 25.7 Å². The normalized spacial score (nSPS) is 35.4. The van der Waals surface area contributed by atoms with E-state index in [0.717, 1.165) is 12.1 Å². The minimum Gasteiger partial charge on any atom is -0.385 e. The van der Waals surface area contributed by atoms with Crippen LogP contribution in [0, 0.1) is 11.7 Å². The molecule has 1 saturated heterocycles. The first-order chi connectivity index (χ1) is 11.0. The van der Waals surface area contributed by atoms with E-state index in [-0.39, 0.29) is 17.8 Å². The van der Waals surface area contributed by atoms with Gasteiger partial charge in [-0.1, -0.05) is 0 Å². The lowest BCUT2D eigenvalue weighted by Gasteiger charge is -2.52. The Morgan fingerprint density at radius 1 is 1.35 bits per heavy atom. The number of fused-ring (bicyclic) bond motifs is 1. The number of rotatable bonds is 4. The van der Waals surface area contributed by atoms with Gasteiger partial charge in [-0.05, 0) is 49.9 Å². The molecule has 5 atom stereocenters. The highest BCUT2D eigenvalue weighted by Gasteiger charge is 2.54. The summed E-state index contributed by atoms with van der Waals surface area (Å²) in [7, 11) is 1.45. The summed E-state index contributed by atoms with van der Waals surface area (Å²) < 4.78 is 23.9. The van der Waals surface area contributed by atoms with Crippen molar-refractivity contribution in [1.29, 1.82) is 0 Å². The number of methoxy groups -OCH3 is 1. The van der Waals surface area contributed by atoms with E-state index in [1.807, 2.05) is 0 Å². The maximum absolute atomic E-state index is 13.0. The molecule has 3 N–H and O–H groups in total. The third-order valence-corrected chi connectivity index (χ3v) is 5.09. The fourth-order valence-corrected chi connectivity index (χ4v) is 3.89. The minimum absolute atomic E-state index is 0.210. The average Bonchev–Trinajstić information content (AvgIpc) is 2.56. The molecule has 0 spiro atoms. The Hall–Kier alpha value is -1.21. The molecule has 6 heteroatoms. The Bertz CT molecular complexity index is 526. The van der Waals surface area contributed by atoms with Crippen LogP contribution in [0.5, 0.6) is 0 Å². The molecule has 2 unspecified atom stereocenters. The Morgan fingerprint density at radius 2 is 2.09 bits per heavy atom. The quantitative estimate of drug-likeness (QED) is 0.738. The Morgan fingerprint density at radius 3 is 2.78 bits per heavy atom. The van der Waals surface area contributed by atoms with Crippen molar-refractivity contribution in [1.82, 2.24) is 0 Å². The fraction of sp³-hybridized carbons (Fsp3) is 0.647. The summed E-state index contributed by atoms with van der Waals surface area (Å²) in [6.45, 7) is 0.573. The van der Waals surface area contributed by atoms with E-state index < -0.39 is 18.0 Å². The number of ether oxygens (including phenoxy) is 2. The van der Waals surface area contributed by atoms with Crippen molar-refractivity contribution in [3.63, 3.8) is 0 Å². The largest absolute Gasteiger partial charge is 0.385 e. The van der Waals surface area contributed by atoms with Gasteiger partial charge in [0.1, 0.15) is 11.4 Å². The van der Waals surface area contributed by atoms with Crippen LogP contribution in [-0.2, 0) is 9.47 Å². The van der Waals surface area contributed by atoms with E-state index in [1.54, 1.807) is 12.1 Å². The first-order valence-electron chi connectivity index (χ1n) is 8.11. The number of aliphatic hydroxyl groups is 2. The summed E-state index contributed by atoms with van der Waals surface area (Å²) in [5.74, 6) is -0.545. The summed E-state index contributed by atoms with van der Waals surface area (Å²) in [5.41, 5.74) is -0.311. The van der Waals surface area contributed by atoms with Crippen LogP contribution in [0.3, 0.4) is 0 Å². The van der Waals surface area contributed by atoms with Crippen LogP contribution >= 0.6 is 0 Å². The van der Waals surface area contributed by atoms with Crippen molar-refractivity contribution in [2.75, 3.05) is 19.0 Å². The summed E-state index contributed by atoms with van der Waals surface area (Å²) >= 11 is 0. The molecule has 1 aliphatic carbocycles. The van der Waals surface area contributed by atoms with Gasteiger partial charge in [-0.2, -0.15) is 0 Å². The molecule has 2 fully saturated rings. The Balaban J connectivity index is 1.80. The van der Waals surface area contributed by atoms with Crippen molar-refractivity contribution < 1.29 is 24.1 Å². The second kappa shape index (κ2) is 6.73. The van der Waals surface area contributed by atoms with Gasteiger partial charge in [0, 0.05) is 25.3 Å². The number of anilines is 1. The van der Waals surface area contributed by atoms with E-state index in [4.69, 9.17) is 9.47 Å². The lowest BCUT2D eigenvalue weighted by atomic mass is 9.68. The van der Waals surface area contributed by atoms with E-state index in [2.05, 4.69) is 5.32 Å². The average molecular weight is 325 g/mol. The van der Waals surface area contributed by atoms with Crippen LogP contribution in [0.15, 0.2) is 24.3 Å². The molecule has 2 aliphatic rings. The standard InChI is InChI=1S/C17H24FNO4/c1-22-16(20)13-7-8-14(17(21)9-2-10-23-15(13)17)19-12-5-3-11(18)4-6-12/h3-6,13-16,19-21H,2,7-10H2,1H3/t13?,14-,15-,16?,17-/m1/s1. The van der Waals surface area contributed by atoms with Crippen LogP contribution in [0.4, 0.5) is 10.1 Å². The molecule has 1 aromatic carbocycles. The summed E-state index contributed by atoms with van der Waals surface area (Å²) in [6, 6.07) is 5.89. The molecule has 3 rings (SSSR count). The topological polar surface area (TPSA) is 71.0 Å². The second-order valence-corrected chi connectivity index (χ2v) is 6.46. The molecule has 1 aliphatic heterocycles. The van der Waals surface area contributed by atoms with E-state index in [1.165, 1.54) is 19.2 Å². The molecule has 128 valence electrons. The van der Waals surface area contributed by atoms with Gasteiger partial charge in [0.15, 0.2) is 6.29 Å². The molecule has 1 heterocycles. The Labute approximate surface area is 135 Å². The number of halogens is 1. The van der Waals surface area contributed by atoms with Gasteiger partial charge in [0.05, 0.1) is 12.1 Å². The van der Waals surface area contributed by atoms with Gasteiger partial charge < -0.3 is 25.0 Å². The van der Waals surface area contributed by atoms with Crippen LogP contribution in [-0.4, -0.2) is 48.0 Å². The van der Waals surface area contributed by atoms with Crippen LogP contribution in [0.25, 0.3) is 0 Å². The lowest BCUT2D eigenvalue weighted by molar-refractivity contribution is -0.237. The van der Waals surface area contributed by atoms with Gasteiger partial charge in [0.25, 0.3) is 0 Å². The predicted octanol–water partition coefficient (Wildman–Crippen LogP) is 1.89. The Kier molecular flexibility index (Phi) is 4.87. The third kappa shape index (κ3) is 3.21. The van der Waals surface area contributed by atoms with Crippen LogP contribution < -0.4 is 5.32 Å². The number of nitrogens with one attached hydrogen (secondary N) is 1. The monoisotopic (exact) mass is 325 g/mol. The molecular formula is C17H24FNO4. The molecule has 0 bridgehead atoms. The molecule has 0 radical (unpaired) electrons. The number of hydrogen-bond donors (Lipinski definition) is 3. The van der Waals surface area contributed by atoms with Crippen molar-refractivity contribution in [2.45, 2.75) is 49.7 Å². The first kappa shape index (κ1) is 16.6. The molecular weight excluding hydrogens is 301 g/mol. The zero-order chi connectivity index (χ0) is 16.4. The zero-order valence-electron chi connectivity index (χ0n) is 13.2. The summed E-state index contributed by atoms with van der Waals surface area (Å²) in [4.78, 5) is 0. The first-order valence-corrected chi connectivity index (χ1v) is 8.11. The van der Waals surface area contributed by atoms with Crippen molar-refractivity contribution >= 4 is 5.69 Å². The molecule has 1 saturated carbocycles. The molecule has 5 nitrogen and oxygen atoms in total. The summed E-state index contributed by atoms with van der Waals surface area (Å²) in [5, 5.41) is 24.6. The van der Waals surface area contributed by atoms with Gasteiger partial charge in [0.2, 0.25) is 0 Å².